The van der Waals surface area contributed by atoms with Crippen LogP contribution in [0.5, 0.6) is 0 Å². The van der Waals surface area contributed by atoms with E-state index in [9.17, 15) is 4.79 Å². The SMILES string of the molecule is CC1CC(NC(=O)Cn2nnc(-c3ccccc3)n2)CCN1.Cl. The molecule has 2 N–H and O–H groups in total. The molecule has 2 heterocycles. The van der Waals surface area contributed by atoms with Gasteiger partial charge in [0.05, 0.1) is 0 Å². The van der Waals surface area contributed by atoms with Crippen LogP contribution in [0, 0.1) is 0 Å². The quantitative estimate of drug-likeness (QED) is 0.870. The number of rotatable bonds is 4. The van der Waals surface area contributed by atoms with Gasteiger partial charge in [-0.25, -0.2) is 0 Å². The van der Waals surface area contributed by atoms with Crippen molar-refractivity contribution in [2.45, 2.75) is 38.4 Å². The van der Waals surface area contributed by atoms with Gasteiger partial charge >= 0.3 is 0 Å². The zero-order valence-corrected chi connectivity index (χ0v) is 13.8. The Hall–Kier alpha value is -1.99. The standard InChI is InChI=1S/C15H20N6O.ClH/c1-11-9-13(7-8-16-11)17-14(22)10-21-19-15(18-20-21)12-5-3-2-4-6-12;/h2-6,11,13,16H,7-10H2,1H3,(H,17,22);1H. The lowest BCUT2D eigenvalue weighted by Gasteiger charge is -2.28. The van der Waals surface area contributed by atoms with Crippen LogP contribution >= 0.6 is 12.4 Å². The number of tetrazole rings is 1. The van der Waals surface area contributed by atoms with Gasteiger partial charge in [0.2, 0.25) is 11.7 Å². The Morgan fingerprint density at radius 2 is 2.17 bits per heavy atom. The monoisotopic (exact) mass is 336 g/mol. The van der Waals surface area contributed by atoms with Crippen LogP contribution in [0.4, 0.5) is 0 Å². The Bertz CT molecular complexity index is 632. The molecule has 23 heavy (non-hydrogen) atoms. The van der Waals surface area contributed by atoms with Crippen LogP contribution in [-0.4, -0.2) is 44.7 Å². The number of hydrogen-bond acceptors (Lipinski definition) is 5. The smallest absolute Gasteiger partial charge is 0.243 e. The molecule has 0 radical (unpaired) electrons. The summed E-state index contributed by atoms with van der Waals surface area (Å²) in [5.41, 5.74) is 0.890. The summed E-state index contributed by atoms with van der Waals surface area (Å²) in [7, 11) is 0. The second kappa shape index (κ2) is 8.03. The Morgan fingerprint density at radius 1 is 1.39 bits per heavy atom. The van der Waals surface area contributed by atoms with Gasteiger partial charge in [0.1, 0.15) is 6.54 Å². The molecule has 7 nitrogen and oxygen atoms in total. The van der Waals surface area contributed by atoms with Crippen LogP contribution in [0.1, 0.15) is 19.8 Å². The molecule has 1 aromatic carbocycles. The zero-order valence-electron chi connectivity index (χ0n) is 13.0. The van der Waals surface area contributed by atoms with Gasteiger partial charge in [-0.1, -0.05) is 30.3 Å². The number of benzene rings is 1. The minimum atomic E-state index is -0.0730. The zero-order chi connectivity index (χ0) is 15.4. The highest BCUT2D eigenvalue weighted by Gasteiger charge is 2.20. The van der Waals surface area contributed by atoms with Crippen LogP contribution in [0.15, 0.2) is 30.3 Å². The molecule has 1 aliphatic rings. The van der Waals surface area contributed by atoms with Crippen molar-refractivity contribution in [3.8, 4) is 11.4 Å². The fourth-order valence-corrected chi connectivity index (χ4v) is 2.68. The molecule has 0 aliphatic carbocycles. The Balaban J connectivity index is 0.00000192. The third-order valence-electron chi connectivity index (χ3n) is 3.76. The van der Waals surface area contributed by atoms with Gasteiger partial charge in [-0.15, -0.1) is 22.6 Å². The lowest BCUT2D eigenvalue weighted by Crippen LogP contribution is -2.47. The summed E-state index contributed by atoms with van der Waals surface area (Å²) in [5.74, 6) is 0.458. The van der Waals surface area contributed by atoms with E-state index in [1.807, 2.05) is 30.3 Å². The summed E-state index contributed by atoms with van der Waals surface area (Å²) in [5, 5.41) is 18.6. The molecule has 1 aromatic heterocycles. The minimum absolute atomic E-state index is 0. The molecule has 8 heteroatoms. The van der Waals surface area contributed by atoms with Crippen molar-refractivity contribution >= 4 is 18.3 Å². The van der Waals surface area contributed by atoms with Crippen molar-refractivity contribution in [1.29, 1.82) is 0 Å². The van der Waals surface area contributed by atoms with Crippen molar-refractivity contribution in [1.82, 2.24) is 30.8 Å². The van der Waals surface area contributed by atoms with E-state index in [0.717, 1.165) is 24.9 Å². The number of carbonyl (C=O) groups excluding carboxylic acids is 1. The second-order valence-corrected chi connectivity index (χ2v) is 5.65. The van der Waals surface area contributed by atoms with Gasteiger partial charge in [-0.05, 0) is 31.5 Å². The maximum absolute atomic E-state index is 12.1. The number of piperidine rings is 1. The highest BCUT2D eigenvalue weighted by Crippen LogP contribution is 2.12. The van der Waals surface area contributed by atoms with E-state index in [2.05, 4.69) is 33.0 Å². The van der Waals surface area contributed by atoms with Gasteiger partial charge in [-0.2, -0.15) is 4.80 Å². The number of hydrogen-bond donors (Lipinski definition) is 2. The first-order chi connectivity index (χ1) is 10.7. The molecule has 0 spiro atoms. The first kappa shape index (κ1) is 17.4. The Labute approximate surface area is 141 Å². The molecule has 1 amide bonds. The van der Waals surface area contributed by atoms with E-state index in [1.165, 1.54) is 4.80 Å². The highest BCUT2D eigenvalue weighted by molar-refractivity contribution is 5.85. The number of amides is 1. The number of carbonyl (C=O) groups is 1. The molecule has 0 saturated carbocycles. The van der Waals surface area contributed by atoms with E-state index in [0.29, 0.717) is 11.9 Å². The van der Waals surface area contributed by atoms with E-state index in [-0.39, 0.29) is 30.9 Å². The molecule has 1 aliphatic heterocycles. The maximum Gasteiger partial charge on any atom is 0.243 e. The van der Waals surface area contributed by atoms with Crippen LogP contribution in [-0.2, 0) is 11.3 Å². The van der Waals surface area contributed by atoms with Crippen molar-refractivity contribution in [3.05, 3.63) is 30.3 Å². The van der Waals surface area contributed by atoms with Crippen molar-refractivity contribution in [3.63, 3.8) is 0 Å². The normalized spacial score (nSPS) is 20.6. The molecule has 1 saturated heterocycles. The summed E-state index contributed by atoms with van der Waals surface area (Å²) < 4.78 is 0. The average Bonchev–Trinajstić information content (AvgIpc) is 2.96. The van der Waals surface area contributed by atoms with Crippen molar-refractivity contribution in [2.24, 2.45) is 0 Å². The van der Waals surface area contributed by atoms with Crippen LogP contribution in [0.25, 0.3) is 11.4 Å². The van der Waals surface area contributed by atoms with Crippen molar-refractivity contribution < 1.29 is 4.79 Å². The van der Waals surface area contributed by atoms with E-state index in [4.69, 9.17) is 0 Å². The number of aromatic nitrogens is 4. The van der Waals surface area contributed by atoms with Crippen LogP contribution < -0.4 is 10.6 Å². The summed E-state index contributed by atoms with van der Waals surface area (Å²) in [6.45, 7) is 3.16. The first-order valence-electron chi connectivity index (χ1n) is 7.56. The maximum atomic E-state index is 12.1. The molecule has 2 atom stereocenters. The fourth-order valence-electron chi connectivity index (χ4n) is 2.68. The summed E-state index contributed by atoms with van der Waals surface area (Å²) in [6, 6.07) is 10.3. The molecular weight excluding hydrogens is 316 g/mol. The van der Waals surface area contributed by atoms with Gasteiger partial charge in [0.15, 0.2) is 0 Å². The molecule has 0 bridgehead atoms. The summed E-state index contributed by atoms with van der Waals surface area (Å²) in [6.07, 6.45) is 1.90. The number of halogens is 1. The molecule has 124 valence electrons. The number of nitrogens with one attached hydrogen (secondary N) is 2. The Morgan fingerprint density at radius 3 is 2.91 bits per heavy atom. The van der Waals surface area contributed by atoms with Crippen LogP contribution in [0.2, 0.25) is 0 Å². The minimum Gasteiger partial charge on any atom is -0.352 e. The van der Waals surface area contributed by atoms with Gasteiger partial charge in [0, 0.05) is 17.6 Å². The summed E-state index contributed by atoms with van der Waals surface area (Å²) in [4.78, 5) is 13.4. The van der Waals surface area contributed by atoms with E-state index >= 15 is 0 Å². The van der Waals surface area contributed by atoms with Crippen molar-refractivity contribution in [2.75, 3.05) is 6.54 Å². The molecular formula is C15H21ClN6O. The molecule has 3 rings (SSSR count). The van der Waals surface area contributed by atoms with Gasteiger partial charge < -0.3 is 10.6 Å². The summed E-state index contributed by atoms with van der Waals surface area (Å²) >= 11 is 0. The number of nitrogens with zero attached hydrogens (tertiary/aromatic N) is 4. The fraction of sp³-hybridized carbons (Fsp3) is 0.467. The second-order valence-electron chi connectivity index (χ2n) is 5.65. The lowest BCUT2D eigenvalue weighted by molar-refractivity contribution is -0.123. The Kier molecular flexibility index (Phi) is 6.06. The molecule has 1 fully saturated rings. The van der Waals surface area contributed by atoms with E-state index in [1.54, 1.807) is 0 Å². The first-order valence-corrected chi connectivity index (χ1v) is 7.56. The molecule has 2 unspecified atom stereocenters. The third-order valence-corrected chi connectivity index (χ3v) is 3.76. The molecule has 2 aromatic rings. The third kappa shape index (κ3) is 4.74. The predicted octanol–water partition coefficient (Wildman–Crippen LogP) is 1.02. The largest absolute Gasteiger partial charge is 0.352 e. The van der Waals surface area contributed by atoms with Crippen LogP contribution in [0.3, 0.4) is 0 Å². The van der Waals surface area contributed by atoms with Gasteiger partial charge in [0.25, 0.3) is 0 Å². The lowest BCUT2D eigenvalue weighted by atomic mass is 10.0. The highest BCUT2D eigenvalue weighted by atomic mass is 35.5. The van der Waals surface area contributed by atoms with Gasteiger partial charge in [-0.3, -0.25) is 4.79 Å². The predicted molar refractivity (Wildman–Crippen MR) is 89.1 cm³/mol. The van der Waals surface area contributed by atoms with E-state index < -0.39 is 0 Å². The average molecular weight is 337 g/mol. The topological polar surface area (TPSA) is 84.7 Å².